The van der Waals surface area contributed by atoms with Gasteiger partial charge in [0.15, 0.2) is 0 Å². The third kappa shape index (κ3) is 6.29. The van der Waals surface area contributed by atoms with Gasteiger partial charge in [0.25, 0.3) is 0 Å². The molecule has 3 aromatic carbocycles. The number of hydrogen-bond donors (Lipinski definition) is 1. The van der Waals surface area contributed by atoms with Crippen molar-refractivity contribution >= 4 is 15.9 Å². The Hall–Kier alpha value is -3.16. The summed E-state index contributed by atoms with van der Waals surface area (Å²) in [6.07, 6.45) is 0. The van der Waals surface area contributed by atoms with Gasteiger partial charge in [-0.25, -0.2) is 8.42 Å². The van der Waals surface area contributed by atoms with Crippen LogP contribution < -0.4 is 10.1 Å². The van der Waals surface area contributed by atoms with Crippen molar-refractivity contribution in [2.45, 2.75) is 52.1 Å². The van der Waals surface area contributed by atoms with Crippen LogP contribution in [0.3, 0.4) is 0 Å². The number of carbonyl (C=O) groups excluding carboxylic acids is 1. The molecular weight excluding hydrogens is 460 g/mol. The van der Waals surface area contributed by atoms with E-state index in [2.05, 4.69) is 24.4 Å². The van der Waals surface area contributed by atoms with Gasteiger partial charge in [0.1, 0.15) is 10.6 Å². The van der Waals surface area contributed by atoms with Crippen LogP contribution >= 0.6 is 0 Å². The normalized spacial score (nSPS) is 12.4. The van der Waals surface area contributed by atoms with Gasteiger partial charge in [-0.15, -0.1) is 0 Å². The summed E-state index contributed by atoms with van der Waals surface area (Å²) in [6.45, 7) is 9.58. The molecule has 0 aliphatic carbocycles. The summed E-state index contributed by atoms with van der Waals surface area (Å²) in [7, 11) is -2.60. The van der Waals surface area contributed by atoms with E-state index in [1.807, 2.05) is 58.0 Å². The van der Waals surface area contributed by atoms with Crippen molar-refractivity contribution in [2.24, 2.45) is 0 Å². The number of sulfonamides is 1. The quantitative estimate of drug-likeness (QED) is 0.454. The van der Waals surface area contributed by atoms with Gasteiger partial charge in [-0.05, 0) is 80.1 Å². The van der Waals surface area contributed by atoms with Crippen LogP contribution in [0.1, 0.15) is 46.3 Å². The number of aryl methyl sites for hydroxylation is 4. The van der Waals surface area contributed by atoms with Crippen LogP contribution in [0.5, 0.6) is 5.75 Å². The van der Waals surface area contributed by atoms with E-state index in [0.29, 0.717) is 0 Å². The fourth-order valence-corrected chi connectivity index (χ4v) is 5.74. The summed E-state index contributed by atoms with van der Waals surface area (Å²) in [5.74, 6) is -0.130. The molecule has 0 unspecified atom stereocenters. The van der Waals surface area contributed by atoms with Gasteiger partial charge in [0, 0.05) is 6.54 Å². The zero-order valence-corrected chi connectivity index (χ0v) is 22.1. The maximum Gasteiger partial charge on any atom is 0.247 e. The van der Waals surface area contributed by atoms with Crippen LogP contribution in [0, 0.1) is 27.7 Å². The Morgan fingerprint density at radius 2 is 1.60 bits per heavy atom. The Morgan fingerprint density at radius 1 is 0.943 bits per heavy atom. The number of hydrogen-bond acceptors (Lipinski definition) is 4. The van der Waals surface area contributed by atoms with Crippen molar-refractivity contribution in [3.05, 3.63) is 94.0 Å². The van der Waals surface area contributed by atoms with Gasteiger partial charge in [0.2, 0.25) is 15.9 Å². The summed E-state index contributed by atoms with van der Waals surface area (Å²) < 4.78 is 34.1. The molecule has 0 aromatic heterocycles. The van der Waals surface area contributed by atoms with Gasteiger partial charge in [0.05, 0.1) is 19.7 Å². The Morgan fingerprint density at radius 3 is 2.26 bits per heavy atom. The predicted molar refractivity (Wildman–Crippen MR) is 139 cm³/mol. The van der Waals surface area contributed by atoms with Crippen LogP contribution in [-0.4, -0.2) is 32.3 Å². The average molecular weight is 495 g/mol. The number of rotatable bonds is 9. The average Bonchev–Trinajstić information content (AvgIpc) is 2.81. The molecule has 1 amide bonds. The Bertz CT molecular complexity index is 1300. The lowest BCUT2D eigenvalue weighted by Crippen LogP contribution is -2.41. The standard InChI is InChI=1S/C28H34N2O4S/c1-19-12-13-26(34-6)27(14-19)35(32,33)30(17-24-10-8-7-9-11-24)18-28(31)29-23(5)25-16-21(3)20(2)15-22(25)4/h7-16,23H,17-18H2,1-6H3,(H,29,31)/t23-/m0/s1. The maximum atomic E-state index is 13.8. The summed E-state index contributed by atoms with van der Waals surface area (Å²) in [6, 6.07) is 18.1. The Balaban J connectivity index is 1.91. The van der Waals surface area contributed by atoms with Crippen LogP contribution in [-0.2, 0) is 21.4 Å². The van der Waals surface area contributed by atoms with Crippen molar-refractivity contribution < 1.29 is 17.9 Å². The summed E-state index contributed by atoms with van der Waals surface area (Å²) >= 11 is 0. The highest BCUT2D eigenvalue weighted by Gasteiger charge is 2.30. The molecule has 3 aromatic rings. The van der Waals surface area contributed by atoms with E-state index in [9.17, 15) is 13.2 Å². The molecule has 0 bridgehead atoms. The second-order valence-electron chi connectivity index (χ2n) is 9.00. The minimum absolute atomic E-state index is 0.0433. The van der Waals surface area contributed by atoms with E-state index in [0.717, 1.165) is 27.8 Å². The summed E-state index contributed by atoms with van der Waals surface area (Å²) in [5, 5.41) is 2.99. The first-order valence-electron chi connectivity index (χ1n) is 11.6. The summed E-state index contributed by atoms with van der Waals surface area (Å²) in [5.41, 5.74) is 6.00. The first-order valence-corrected chi connectivity index (χ1v) is 13.0. The zero-order valence-electron chi connectivity index (χ0n) is 21.3. The molecule has 1 N–H and O–H groups in total. The molecular formula is C28H34N2O4S. The van der Waals surface area contributed by atoms with Gasteiger partial charge in [-0.1, -0.05) is 48.5 Å². The van der Waals surface area contributed by atoms with E-state index >= 15 is 0 Å². The lowest BCUT2D eigenvalue weighted by molar-refractivity contribution is -0.122. The fraction of sp³-hybridized carbons (Fsp3) is 0.321. The van der Waals surface area contributed by atoms with Gasteiger partial charge < -0.3 is 10.1 Å². The highest BCUT2D eigenvalue weighted by Crippen LogP contribution is 2.29. The van der Waals surface area contributed by atoms with E-state index in [-0.39, 0.29) is 35.7 Å². The molecule has 0 heterocycles. The van der Waals surface area contributed by atoms with Gasteiger partial charge in [-0.3, -0.25) is 4.79 Å². The molecule has 1 atom stereocenters. The van der Waals surface area contributed by atoms with Crippen molar-refractivity contribution in [1.29, 1.82) is 0 Å². The minimum Gasteiger partial charge on any atom is -0.495 e. The smallest absolute Gasteiger partial charge is 0.247 e. The highest BCUT2D eigenvalue weighted by molar-refractivity contribution is 7.89. The van der Waals surface area contributed by atoms with Crippen molar-refractivity contribution in [1.82, 2.24) is 9.62 Å². The molecule has 186 valence electrons. The predicted octanol–water partition coefficient (Wildman–Crippen LogP) is 5.00. The molecule has 0 aliphatic heterocycles. The topological polar surface area (TPSA) is 75.7 Å². The molecule has 0 saturated heterocycles. The number of benzene rings is 3. The van der Waals surface area contributed by atoms with Crippen LogP contribution in [0.25, 0.3) is 0 Å². The van der Waals surface area contributed by atoms with Crippen LogP contribution in [0.4, 0.5) is 0 Å². The first kappa shape index (κ1) is 26.4. The largest absolute Gasteiger partial charge is 0.495 e. The highest BCUT2D eigenvalue weighted by atomic mass is 32.2. The third-order valence-corrected chi connectivity index (χ3v) is 8.00. The molecule has 3 rings (SSSR count). The summed E-state index contributed by atoms with van der Waals surface area (Å²) in [4.78, 5) is 13.2. The molecule has 0 aliphatic rings. The number of methoxy groups -OCH3 is 1. The van der Waals surface area contributed by atoms with E-state index in [1.165, 1.54) is 17.0 Å². The lowest BCUT2D eigenvalue weighted by atomic mass is 9.96. The third-order valence-electron chi connectivity index (χ3n) is 6.19. The Labute approximate surface area is 209 Å². The van der Waals surface area contributed by atoms with Crippen molar-refractivity contribution in [3.63, 3.8) is 0 Å². The number of carbonyl (C=O) groups is 1. The maximum absolute atomic E-state index is 13.8. The number of nitrogens with one attached hydrogen (secondary N) is 1. The van der Waals surface area contributed by atoms with E-state index < -0.39 is 10.0 Å². The molecule has 0 spiro atoms. The zero-order chi connectivity index (χ0) is 25.8. The molecule has 35 heavy (non-hydrogen) atoms. The number of amides is 1. The molecule has 0 saturated carbocycles. The molecule has 0 radical (unpaired) electrons. The molecule has 0 fully saturated rings. The Kier molecular flexibility index (Phi) is 8.35. The second-order valence-corrected chi connectivity index (χ2v) is 10.9. The molecule has 6 nitrogen and oxygen atoms in total. The van der Waals surface area contributed by atoms with E-state index in [4.69, 9.17) is 4.74 Å². The number of ether oxygens (including phenoxy) is 1. The molecule has 7 heteroatoms. The fourth-order valence-electron chi connectivity index (χ4n) is 4.11. The SMILES string of the molecule is COc1ccc(C)cc1S(=O)(=O)N(CC(=O)N[C@@H](C)c1cc(C)c(C)cc1C)Cc1ccccc1. The van der Waals surface area contributed by atoms with Crippen molar-refractivity contribution in [3.8, 4) is 5.75 Å². The minimum atomic E-state index is -4.03. The first-order chi connectivity index (χ1) is 16.5. The second kappa shape index (κ2) is 11.1. The monoisotopic (exact) mass is 494 g/mol. The van der Waals surface area contributed by atoms with Gasteiger partial charge >= 0.3 is 0 Å². The van der Waals surface area contributed by atoms with E-state index in [1.54, 1.807) is 18.2 Å². The lowest BCUT2D eigenvalue weighted by Gasteiger charge is -2.25. The van der Waals surface area contributed by atoms with Crippen molar-refractivity contribution in [2.75, 3.05) is 13.7 Å². The van der Waals surface area contributed by atoms with Gasteiger partial charge in [-0.2, -0.15) is 4.31 Å². The van der Waals surface area contributed by atoms with Crippen LogP contribution in [0.2, 0.25) is 0 Å². The number of nitrogens with zero attached hydrogens (tertiary/aromatic N) is 1. The van der Waals surface area contributed by atoms with Crippen LogP contribution in [0.15, 0.2) is 65.6 Å².